The Kier molecular flexibility index (Phi) is 5.76. The van der Waals surface area contributed by atoms with Crippen LogP contribution in [0.1, 0.15) is 49.8 Å². The minimum Gasteiger partial charge on any atom is -0.299 e. The molecule has 152 valence electrons. The topological polar surface area (TPSA) is 81.9 Å². The van der Waals surface area contributed by atoms with Crippen molar-refractivity contribution in [2.75, 3.05) is 0 Å². The molecule has 2 aromatic heterocycles. The van der Waals surface area contributed by atoms with Gasteiger partial charge in [-0.1, -0.05) is 49.6 Å². The Hall–Kier alpha value is -2.54. The molecule has 4 rings (SSSR count). The Morgan fingerprint density at radius 1 is 1.07 bits per heavy atom. The molecule has 1 fully saturated rings. The molecule has 0 N–H and O–H groups in total. The molecule has 0 saturated heterocycles. The van der Waals surface area contributed by atoms with E-state index in [4.69, 9.17) is 0 Å². The van der Waals surface area contributed by atoms with Crippen LogP contribution in [0.15, 0.2) is 48.8 Å². The van der Waals surface area contributed by atoms with E-state index in [-0.39, 0.29) is 11.7 Å². The summed E-state index contributed by atoms with van der Waals surface area (Å²) in [5.41, 5.74) is 2.30. The summed E-state index contributed by atoms with van der Waals surface area (Å²) in [6, 6.07) is 10.7. The van der Waals surface area contributed by atoms with E-state index < -0.39 is 10.0 Å². The van der Waals surface area contributed by atoms with E-state index in [1.165, 1.54) is 16.6 Å². The third-order valence-corrected chi connectivity index (χ3v) is 7.18. The highest BCUT2D eigenvalue weighted by molar-refractivity contribution is 7.89. The van der Waals surface area contributed by atoms with E-state index in [1.54, 1.807) is 24.4 Å². The Morgan fingerprint density at radius 3 is 2.59 bits per heavy atom. The summed E-state index contributed by atoms with van der Waals surface area (Å²) >= 11 is 0. The van der Waals surface area contributed by atoms with Crippen molar-refractivity contribution in [1.29, 1.82) is 0 Å². The first-order valence-electron chi connectivity index (χ1n) is 10.2. The number of benzene rings is 1. The van der Waals surface area contributed by atoms with Crippen molar-refractivity contribution in [3.63, 3.8) is 0 Å². The van der Waals surface area contributed by atoms with Crippen molar-refractivity contribution in [3.05, 3.63) is 60.0 Å². The summed E-state index contributed by atoms with van der Waals surface area (Å²) in [6.07, 6.45) is 9.64. The van der Waals surface area contributed by atoms with Gasteiger partial charge in [0.2, 0.25) is 10.0 Å². The van der Waals surface area contributed by atoms with E-state index in [9.17, 15) is 13.2 Å². The zero-order valence-corrected chi connectivity index (χ0v) is 17.1. The number of Topliss-reactive ketones (excluding diaryl/α,β-unsaturated/α-hetero) is 1. The summed E-state index contributed by atoms with van der Waals surface area (Å²) in [7, 11) is -3.59. The molecule has 2 heterocycles. The van der Waals surface area contributed by atoms with Crippen molar-refractivity contribution in [2.45, 2.75) is 50.7 Å². The highest BCUT2D eigenvalue weighted by Crippen LogP contribution is 2.26. The fraction of sp³-hybridized carbons (Fsp3) is 0.409. The zero-order valence-electron chi connectivity index (χ0n) is 16.3. The largest absolute Gasteiger partial charge is 0.299 e. The number of rotatable bonds is 7. The van der Waals surface area contributed by atoms with Crippen LogP contribution in [0.5, 0.6) is 0 Å². The molecule has 0 unspecified atom stereocenters. The van der Waals surface area contributed by atoms with Gasteiger partial charge in [0, 0.05) is 18.5 Å². The predicted molar refractivity (Wildman–Crippen MR) is 112 cm³/mol. The van der Waals surface area contributed by atoms with Crippen molar-refractivity contribution in [3.8, 4) is 0 Å². The second-order valence-corrected chi connectivity index (χ2v) is 9.57. The fourth-order valence-electron chi connectivity index (χ4n) is 4.01. The van der Waals surface area contributed by atoms with Gasteiger partial charge >= 0.3 is 0 Å². The van der Waals surface area contributed by atoms with Crippen LogP contribution < -0.4 is 0 Å². The first kappa shape index (κ1) is 19.8. The van der Waals surface area contributed by atoms with Crippen LogP contribution in [0.3, 0.4) is 0 Å². The first-order valence-corrected chi connectivity index (χ1v) is 11.8. The molecule has 7 heteroatoms. The number of aromatic nitrogens is 3. The lowest BCUT2D eigenvalue weighted by Crippen LogP contribution is -2.18. The molecule has 29 heavy (non-hydrogen) atoms. The Labute approximate surface area is 171 Å². The number of nitrogens with zero attached hydrogens (tertiary/aromatic N) is 3. The molecular weight excluding hydrogens is 386 g/mol. The summed E-state index contributed by atoms with van der Waals surface area (Å²) in [6.45, 7) is 0. The van der Waals surface area contributed by atoms with Crippen LogP contribution in [0, 0.1) is 5.92 Å². The Morgan fingerprint density at radius 2 is 1.83 bits per heavy atom. The third-order valence-electron chi connectivity index (χ3n) is 5.59. The molecule has 0 radical (unpaired) electrons. The molecule has 0 bridgehead atoms. The number of fused-ring (bicyclic) bond motifs is 1. The highest BCUT2D eigenvalue weighted by Gasteiger charge is 2.21. The van der Waals surface area contributed by atoms with Gasteiger partial charge in [-0.15, -0.1) is 0 Å². The lowest BCUT2D eigenvalue weighted by Gasteiger charge is -2.20. The molecule has 1 aliphatic rings. The SMILES string of the molecule is O=C(CCc1cnc2c(ccn2S(=O)(=O)Cc2ccccc2)n1)C1CCCCC1. The lowest BCUT2D eigenvalue weighted by atomic mass is 9.85. The fourth-order valence-corrected chi connectivity index (χ4v) is 5.41. The standard InChI is InChI=1S/C22H25N3O3S/c26-21(18-9-5-2-6-10-18)12-11-19-15-23-22-20(24-19)13-14-25(22)29(27,28)16-17-7-3-1-4-8-17/h1,3-4,7-8,13-15,18H,2,5-6,9-12,16H2. The Bertz CT molecular complexity index is 1100. The van der Waals surface area contributed by atoms with Crippen LogP contribution in [0.25, 0.3) is 11.2 Å². The molecule has 6 nitrogen and oxygen atoms in total. The maximum absolute atomic E-state index is 12.8. The second kappa shape index (κ2) is 8.45. The summed E-state index contributed by atoms with van der Waals surface area (Å²) < 4.78 is 26.8. The van der Waals surface area contributed by atoms with E-state index in [1.807, 2.05) is 18.2 Å². The van der Waals surface area contributed by atoms with Gasteiger partial charge in [-0.2, -0.15) is 0 Å². The third kappa shape index (κ3) is 4.56. The Balaban J connectivity index is 1.48. The van der Waals surface area contributed by atoms with Crippen molar-refractivity contribution in [1.82, 2.24) is 13.9 Å². The average Bonchev–Trinajstić information content (AvgIpc) is 3.17. The summed E-state index contributed by atoms with van der Waals surface area (Å²) in [5, 5.41) is 0. The number of aryl methyl sites for hydroxylation is 1. The molecule has 1 aliphatic carbocycles. The van der Waals surface area contributed by atoms with E-state index >= 15 is 0 Å². The van der Waals surface area contributed by atoms with Crippen LogP contribution >= 0.6 is 0 Å². The van der Waals surface area contributed by atoms with Gasteiger partial charge in [0.1, 0.15) is 11.3 Å². The highest BCUT2D eigenvalue weighted by atomic mass is 32.2. The van der Waals surface area contributed by atoms with Gasteiger partial charge in [-0.05, 0) is 30.9 Å². The van der Waals surface area contributed by atoms with Crippen molar-refractivity contribution < 1.29 is 13.2 Å². The smallest absolute Gasteiger partial charge is 0.244 e. The van der Waals surface area contributed by atoms with Crippen LogP contribution in [-0.2, 0) is 27.0 Å². The molecule has 0 aliphatic heterocycles. The van der Waals surface area contributed by atoms with Gasteiger partial charge in [-0.3, -0.25) is 4.79 Å². The monoisotopic (exact) mass is 411 g/mol. The predicted octanol–water partition coefficient (Wildman–Crippen LogP) is 3.89. The van der Waals surface area contributed by atoms with Crippen LogP contribution in [0.4, 0.5) is 0 Å². The number of hydrogen-bond acceptors (Lipinski definition) is 5. The van der Waals surface area contributed by atoms with Gasteiger partial charge in [0.15, 0.2) is 5.65 Å². The minimum absolute atomic E-state index is 0.100. The number of carbonyl (C=O) groups is 1. The minimum atomic E-state index is -3.59. The van der Waals surface area contributed by atoms with E-state index in [2.05, 4.69) is 9.97 Å². The maximum atomic E-state index is 12.8. The number of hydrogen-bond donors (Lipinski definition) is 0. The zero-order chi connectivity index (χ0) is 20.3. The molecule has 1 saturated carbocycles. The average molecular weight is 412 g/mol. The number of ketones is 1. The lowest BCUT2D eigenvalue weighted by molar-refractivity contribution is -0.123. The normalized spacial score (nSPS) is 15.6. The van der Waals surface area contributed by atoms with Gasteiger partial charge in [0.25, 0.3) is 0 Å². The molecule has 0 spiro atoms. The molecule has 3 aromatic rings. The molecule has 0 atom stereocenters. The van der Waals surface area contributed by atoms with E-state index in [0.29, 0.717) is 29.8 Å². The maximum Gasteiger partial charge on any atom is 0.244 e. The van der Waals surface area contributed by atoms with Gasteiger partial charge < -0.3 is 0 Å². The summed E-state index contributed by atoms with van der Waals surface area (Å²) in [5.74, 6) is 0.413. The van der Waals surface area contributed by atoms with Crippen LogP contribution in [0.2, 0.25) is 0 Å². The molecule has 1 aromatic carbocycles. The van der Waals surface area contributed by atoms with E-state index in [0.717, 1.165) is 36.9 Å². The van der Waals surface area contributed by atoms with Crippen LogP contribution in [-0.4, -0.2) is 28.1 Å². The van der Waals surface area contributed by atoms with Gasteiger partial charge in [0.05, 0.1) is 17.6 Å². The van der Waals surface area contributed by atoms with Crippen molar-refractivity contribution in [2.24, 2.45) is 5.92 Å². The van der Waals surface area contributed by atoms with Crippen molar-refractivity contribution >= 4 is 27.0 Å². The molecule has 0 amide bonds. The quantitative estimate of drug-likeness (QED) is 0.589. The molecular formula is C22H25N3O3S. The summed E-state index contributed by atoms with van der Waals surface area (Å²) in [4.78, 5) is 21.3. The number of carbonyl (C=O) groups excluding carboxylic acids is 1. The second-order valence-electron chi connectivity index (χ2n) is 7.72. The van der Waals surface area contributed by atoms with Gasteiger partial charge in [-0.25, -0.2) is 22.4 Å². The first-order chi connectivity index (χ1) is 14.0.